The monoisotopic (exact) mass is 406 g/mol. The lowest BCUT2D eigenvalue weighted by Crippen LogP contribution is -2.44. The lowest BCUT2D eigenvalue weighted by Gasteiger charge is -2.32. The number of hydrogen-bond donors (Lipinski definition) is 0. The highest BCUT2D eigenvalue weighted by molar-refractivity contribution is 6.26. The van der Waals surface area contributed by atoms with Crippen LogP contribution in [0.25, 0.3) is 11.0 Å². The van der Waals surface area contributed by atoms with E-state index in [2.05, 4.69) is 4.99 Å². The fourth-order valence-electron chi connectivity index (χ4n) is 4.26. The lowest BCUT2D eigenvalue weighted by molar-refractivity contribution is -0.121. The number of aryl methyl sites for hydroxylation is 1. The van der Waals surface area contributed by atoms with Gasteiger partial charge in [0.2, 0.25) is 0 Å². The van der Waals surface area contributed by atoms with Crippen LogP contribution < -0.4 is 14.4 Å². The minimum Gasteiger partial charge on any atom is -0.497 e. The van der Waals surface area contributed by atoms with Crippen molar-refractivity contribution in [2.75, 3.05) is 26.2 Å². The van der Waals surface area contributed by atoms with Crippen LogP contribution >= 0.6 is 0 Å². The first-order chi connectivity index (χ1) is 14.3. The first-order valence-corrected chi connectivity index (χ1v) is 9.79. The Labute approximate surface area is 175 Å². The Morgan fingerprint density at radius 1 is 1.07 bits per heavy atom. The molecule has 1 aliphatic rings. The minimum atomic E-state index is -0.824. The molecule has 2 aromatic carbocycles. The molecule has 0 spiro atoms. The third-order valence-electron chi connectivity index (χ3n) is 5.81. The Balaban J connectivity index is 1.90. The molecule has 7 heteroatoms. The first kappa shape index (κ1) is 19.9. The van der Waals surface area contributed by atoms with Gasteiger partial charge in [0.05, 0.1) is 30.9 Å². The standard InChI is InChI=1S/C23H26N4O3/c1-23(2)20(28)19(22-25-17-9-7-8-10-18(17)26(22)4)21(24-3)27(23)14-11-15(29-5)13-16(12-14)30-6/h7-13,19H,1-6H3. The summed E-state index contributed by atoms with van der Waals surface area (Å²) in [4.78, 5) is 25.0. The number of benzene rings is 2. The zero-order valence-electron chi connectivity index (χ0n) is 18.1. The molecule has 1 fully saturated rings. The Bertz CT molecular complexity index is 1140. The predicted molar refractivity (Wildman–Crippen MR) is 118 cm³/mol. The number of amidine groups is 1. The van der Waals surface area contributed by atoms with Crippen LogP contribution in [0, 0.1) is 0 Å². The van der Waals surface area contributed by atoms with Gasteiger partial charge in [-0.2, -0.15) is 0 Å². The summed E-state index contributed by atoms with van der Waals surface area (Å²) in [5, 5.41) is 0. The Hall–Kier alpha value is -3.35. The minimum absolute atomic E-state index is 0.0447. The third-order valence-corrected chi connectivity index (χ3v) is 5.81. The molecule has 0 bridgehead atoms. The molecular formula is C23H26N4O3. The van der Waals surface area contributed by atoms with Gasteiger partial charge in [0.15, 0.2) is 5.78 Å². The quantitative estimate of drug-likeness (QED) is 0.663. The van der Waals surface area contributed by atoms with Crippen molar-refractivity contribution in [3.05, 3.63) is 48.3 Å². The summed E-state index contributed by atoms with van der Waals surface area (Å²) < 4.78 is 12.9. The van der Waals surface area contributed by atoms with Crippen LogP contribution in [0.3, 0.4) is 0 Å². The van der Waals surface area contributed by atoms with E-state index in [1.807, 2.05) is 66.8 Å². The van der Waals surface area contributed by atoms with E-state index in [0.717, 1.165) is 16.7 Å². The number of carbonyl (C=O) groups excluding carboxylic acids is 1. The lowest BCUT2D eigenvalue weighted by atomic mass is 9.93. The number of anilines is 1. The third kappa shape index (κ3) is 2.84. The molecule has 0 N–H and O–H groups in total. The van der Waals surface area contributed by atoms with Crippen LogP contribution in [0.2, 0.25) is 0 Å². The summed E-state index contributed by atoms with van der Waals surface area (Å²) >= 11 is 0. The first-order valence-electron chi connectivity index (χ1n) is 9.79. The summed E-state index contributed by atoms with van der Waals surface area (Å²) in [6.07, 6.45) is 0. The number of para-hydroxylation sites is 2. The van der Waals surface area contributed by atoms with Crippen LogP contribution in [0.5, 0.6) is 11.5 Å². The van der Waals surface area contributed by atoms with E-state index >= 15 is 0 Å². The molecule has 0 aliphatic carbocycles. The predicted octanol–water partition coefficient (Wildman–Crippen LogP) is 3.57. The van der Waals surface area contributed by atoms with Crippen molar-refractivity contribution in [1.29, 1.82) is 0 Å². The molecule has 1 atom stereocenters. The maximum atomic E-state index is 13.7. The molecule has 0 saturated carbocycles. The molecule has 0 amide bonds. The van der Waals surface area contributed by atoms with Crippen molar-refractivity contribution < 1.29 is 14.3 Å². The number of fused-ring (bicyclic) bond motifs is 1. The van der Waals surface area contributed by atoms with Gasteiger partial charge in [-0.3, -0.25) is 9.79 Å². The number of hydrogen-bond acceptors (Lipinski definition) is 5. The number of rotatable bonds is 4. The highest BCUT2D eigenvalue weighted by Crippen LogP contribution is 2.42. The van der Waals surface area contributed by atoms with Gasteiger partial charge in [-0.15, -0.1) is 0 Å². The highest BCUT2D eigenvalue weighted by Gasteiger charge is 2.53. The molecule has 7 nitrogen and oxygen atoms in total. The number of methoxy groups -OCH3 is 2. The van der Waals surface area contributed by atoms with E-state index in [4.69, 9.17) is 14.5 Å². The smallest absolute Gasteiger partial charge is 0.176 e. The van der Waals surface area contributed by atoms with Gasteiger partial charge < -0.3 is 18.9 Å². The maximum Gasteiger partial charge on any atom is 0.176 e. The second kappa shape index (κ2) is 7.16. The number of aliphatic imine (C=N–C) groups is 1. The molecule has 2 heterocycles. The van der Waals surface area contributed by atoms with Crippen molar-refractivity contribution in [1.82, 2.24) is 9.55 Å². The molecule has 1 aliphatic heterocycles. The van der Waals surface area contributed by atoms with Crippen LogP contribution in [-0.4, -0.2) is 48.0 Å². The van der Waals surface area contributed by atoms with Crippen molar-refractivity contribution in [3.63, 3.8) is 0 Å². The molecule has 3 aromatic rings. The number of aromatic nitrogens is 2. The van der Waals surface area contributed by atoms with E-state index in [1.165, 1.54) is 0 Å². The van der Waals surface area contributed by atoms with Crippen molar-refractivity contribution in [2.24, 2.45) is 12.0 Å². The molecular weight excluding hydrogens is 380 g/mol. The summed E-state index contributed by atoms with van der Waals surface area (Å²) in [6, 6.07) is 13.5. The maximum absolute atomic E-state index is 13.7. The SMILES string of the molecule is CN=C1C(c2nc3ccccc3n2C)C(=O)C(C)(C)N1c1cc(OC)cc(OC)c1. The largest absolute Gasteiger partial charge is 0.497 e. The second-order valence-corrected chi connectivity index (χ2v) is 7.86. The van der Waals surface area contributed by atoms with Gasteiger partial charge in [0.25, 0.3) is 0 Å². The normalized spacial score (nSPS) is 19.7. The molecule has 1 saturated heterocycles. The number of ether oxygens (including phenoxy) is 2. The average molecular weight is 406 g/mol. The van der Waals surface area contributed by atoms with E-state index in [0.29, 0.717) is 23.2 Å². The Morgan fingerprint density at radius 2 is 1.70 bits per heavy atom. The number of carbonyl (C=O) groups is 1. The molecule has 4 rings (SSSR count). The average Bonchev–Trinajstić information content (AvgIpc) is 3.18. The van der Waals surface area contributed by atoms with E-state index in [1.54, 1.807) is 27.3 Å². The summed E-state index contributed by atoms with van der Waals surface area (Å²) in [6.45, 7) is 3.82. The van der Waals surface area contributed by atoms with E-state index in [-0.39, 0.29) is 5.78 Å². The molecule has 1 unspecified atom stereocenters. The van der Waals surface area contributed by atoms with Gasteiger partial charge >= 0.3 is 0 Å². The fraction of sp³-hybridized carbons (Fsp3) is 0.348. The van der Waals surface area contributed by atoms with Crippen molar-refractivity contribution >= 4 is 28.3 Å². The Morgan fingerprint density at radius 3 is 2.27 bits per heavy atom. The van der Waals surface area contributed by atoms with Gasteiger partial charge in [0, 0.05) is 32.3 Å². The van der Waals surface area contributed by atoms with Crippen molar-refractivity contribution in [3.8, 4) is 11.5 Å². The fourth-order valence-corrected chi connectivity index (χ4v) is 4.26. The zero-order valence-corrected chi connectivity index (χ0v) is 18.1. The zero-order chi connectivity index (χ0) is 21.6. The highest BCUT2D eigenvalue weighted by atomic mass is 16.5. The summed E-state index contributed by atoms with van der Waals surface area (Å²) in [5.41, 5.74) is 1.80. The van der Waals surface area contributed by atoms with E-state index in [9.17, 15) is 4.79 Å². The summed E-state index contributed by atoms with van der Waals surface area (Å²) in [5.74, 6) is 2.11. The molecule has 156 valence electrons. The van der Waals surface area contributed by atoms with Crippen LogP contribution in [0.4, 0.5) is 5.69 Å². The van der Waals surface area contributed by atoms with Crippen LogP contribution in [-0.2, 0) is 11.8 Å². The van der Waals surface area contributed by atoms with Gasteiger partial charge in [-0.25, -0.2) is 4.98 Å². The van der Waals surface area contributed by atoms with E-state index < -0.39 is 11.5 Å². The number of ketones is 1. The van der Waals surface area contributed by atoms with Gasteiger partial charge in [-0.05, 0) is 26.0 Å². The Kier molecular flexibility index (Phi) is 4.76. The van der Waals surface area contributed by atoms with Gasteiger partial charge in [-0.1, -0.05) is 12.1 Å². The molecule has 0 radical (unpaired) electrons. The number of Topliss-reactive ketones (excluding diaryl/α,β-unsaturated/α-hetero) is 1. The second-order valence-electron chi connectivity index (χ2n) is 7.86. The molecule has 30 heavy (non-hydrogen) atoms. The number of imidazole rings is 1. The van der Waals surface area contributed by atoms with Gasteiger partial charge in [0.1, 0.15) is 34.6 Å². The van der Waals surface area contributed by atoms with Crippen molar-refractivity contribution in [2.45, 2.75) is 25.3 Å². The number of nitrogens with zero attached hydrogens (tertiary/aromatic N) is 4. The van der Waals surface area contributed by atoms with Crippen LogP contribution in [0.15, 0.2) is 47.5 Å². The van der Waals surface area contributed by atoms with Crippen LogP contribution in [0.1, 0.15) is 25.6 Å². The molecule has 1 aromatic heterocycles. The topological polar surface area (TPSA) is 69.0 Å². The summed E-state index contributed by atoms with van der Waals surface area (Å²) in [7, 11) is 6.87.